The first-order valence-electron chi connectivity index (χ1n) is 6.48. The molecule has 1 aliphatic rings. The van der Waals surface area contributed by atoms with Crippen LogP contribution in [-0.2, 0) is 20.7 Å². The van der Waals surface area contributed by atoms with Crippen molar-refractivity contribution in [1.82, 2.24) is 9.88 Å². The van der Waals surface area contributed by atoms with E-state index in [1.165, 1.54) is 7.11 Å². The normalized spacial score (nSPS) is 19.0. The molecule has 0 aliphatic carbocycles. The Morgan fingerprint density at radius 1 is 1.37 bits per heavy atom. The molecule has 0 saturated carbocycles. The Balaban J connectivity index is 2.05. The summed E-state index contributed by atoms with van der Waals surface area (Å²) in [5, 5.41) is 0. The van der Waals surface area contributed by atoms with E-state index in [1.807, 2.05) is 12.1 Å². The number of esters is 1. The number of hydrogen-bond donors (Lipinski definition) is 0. The fourth-order valence-corrected chi connectivity index (χ4v) is 2.39. The lowest BCUT2D eigenvalue weighted by Gasteiger charge is -2.33. The minimum Gasteiger partial charge on any atom is -0.467 e. The molecule has 2 heterocycles. The maximum absolute atomic E-state index is 12.3. The van der Waals surface area contributed by atoms with Crippen molar-refractivity contribution in [3.8, 4) is 0 Å². The van der Waals surface area contributed by atoms with Crippen molar-refractivity contribution in [2.24, 2.45) is 0 Å². The highest BCUT2D eigenvalue weighted by Gasteiger charge is 2.32. The van der Waals surface area contributed by atoms with Gasteiger partial charge in [-0.05, 0) is 37.0 Å². The third kappa shape index (κ3) is 3.30. The van der Waals surface area contributed by atoms with Crippen LogP contribution in [0.25, 0.3) is 0 Å². The highest BCUT2D eigenvalue weighted by atomic mass is 16.5. The molecular formula is C14H18N2O3. The van der Waals surface area contributed by atoms with Gasteiger partial charge in [-0.15, -0.1) is 0 Å². The predicted molar refractivity (Wildman–Crippen MR) is 69.3 cm³/mol. The van der Waals surface area contributed by atoms with Crippen LogP contribution in [0, 0.1) is 0 Å². The fourth-order valence-electron chi connectivity index (χ4n) is 2.39. The first-order valence-corrected chi connectivity index (χ1v) is 6.48. The number of aromatic nitrogens is 1. The predicted octanol–water partition coefficient (Wildman–Crippen LogP) is 1.18. The van der Waals surface area contributed by atoms with E-state index in [4.69, 9.17) is 4.74 Å². The van der Waals surface area contributed by atoms with Crippen LogP contribution in [0.5, 0.6) is 0 Å². The molecule has 0 aromatic carbocycles. The molecule has 0 bridgehead atoms. The average molecular weight is 262 g/mol. The highest BCUT2D eigenvalue weighted by Crippen LogP contribution is 2.19. The molecule has 1 saturated heterocycles. The molecule has 1 atom stereocenters. The van der Waals surface area contributed by atoms with Gasteiger partial charge in [-0.3, -0.25) is 9.78 Å². The topological polar surface area (TPSA) is 59.5 Å². The van der Waals surface area contributed by atoms with E-state index in [2.05, 4.69) is 4.98 Å². The first-order chi connectivity index (χ1) is 9.22. The lowest BCUT2D eigenvalue weighted by atomic mass is 10.0. The molecule has 0 spiro atoms. The lowest BCUT2D eigenvalue weighted by Crippen LogP contribution is -2.49. The van der Waals surface area contributed by atoms with Gasteiger partial charge in [0, 0.05) is 18.9 Å². The maximum atomic E-state index is 12.3. The number of pyridine rings is 1. The molecular weight excluding hydrogens is 244 g/mol. The van der Waals surface area contributed by atoms with E-state index >= 15 is 0 Å². The van der Waals surface area contributed by atoms with E-state index < -0.39 is 6.04 Å². The zero-order valence-corrected chi connectivity index (χ0v) is 11.0. The second-order valence-corrected chi connectivity index (χ2v) is 4.65. The van der Waals surface area contributed by atoms with Crippen molar-refractivity contribution in [3.63, 3.8) is 0 Å². The minimum atomic E-state index is -0.423. The quantitative estimate of drug-likeness (QED) is 0.767. The zero-order valence-electron chi connectivity index (χ0n) is 11.0. The zero-order chi connectivity index (χ0) is 13.7. The van der Waals surface area contributed by atoms with Gasteiger partial charge < -0.3 is 9.64 Å². The SMILES string of the molecule is COC(=O)C1CCCCN1C(=O)Cc1ccncc1. The molecule has 19 heavy (non-hydrogen) atoms. The van der Waals surface area contributed by atoms with Crippen molar-refractivity contribution in [2.45, 2.75) is 31.7 Å². The molecule has 102 valence electrons. The number of carbonyl (C=O) groups is 2. The Morgan fingerprint density at radius 3 is 2.79 bits per heavy atom. The molecule has 1 unspecified atom stereocenters. The minimum absolute atomic E-state index is 0.0266. The van der Waals surface area contributed by atoms with Crippen LogP contribution in [-0.4, -0.2) is 41.5 Å². The van der Waals surface area contributed by atoms with Gasteiger partial charge in [0.1, 0.15) is 6.04 Å². The number of piperidine rings is 1. The maximum Gasteiger partial charge on any atom is 0.328 e. The van der Waals surface area contributed by atoms with Crippen molar-refractivity contribution < 1.29 is 14.3 Å². The second-order valence-electron chi connectivity index (χ2n) is 4.65. The molecule has 1 fully saturated rings. The molecule has 1 aromatic heterocycles. The molecule has 1 aromatic rings. The van der Waals surface area contributed by atoms with Crippen molar-refractivity contribution >= 4 is 11.9 Å². The molecule has 1 aliphatic heterocycles. The summed E-state index contributed by atoms with van der Waals surface area (Å²) in [6.45, 7) is 0.629. The summed E-state index contributed by atoms with van der Waals surface area (Å²) in [4.78, 5) is 29.6. The van der Waals surface area contributed by atoms with Gasteiger partial charge in [0.25, 0.3) is 0 Å². The number of likely N-dealkylation sites (tertiary alicyclic amines) is 1. The second kappa shape index (κ2) is 6.31. The van der Waals surface area contributed by atoms with Gasteiger partial charge in [0.05, 0.1) is 13.5 Å². The van der Waals surface area contributed by atoms with E-state index in [-0.39, 0.29) is 11.9 Å². The third-order valence-corrected chi connectivity index (χ3v) is 3.40. The van der Waals surface area contributed by atoms with Gasteiger partial charge in [-0.2, -0.15) is 0 Å². The van der Waals surface area contributed by atoms with Crippen LogP contribution in [0.2, 0.25) is 0 Å². The molecule has 0 N–H and O–H groups in total. The van der Waals surface area contributed by atoms with Crippen LogP contribution < -0.4 is 0 Å². The van der Waals surface area contributed by atoms with E-state index in [0.717, 1.165) is 18.4 Å². The summed E-state index contributed by atoms with van der Waals surface area (Å²) >= 11 is 0. The largest absolute Gasteiger partial charge is 0.467 e. The van der Waals surface area contributed by atoms with Crippen molar-refractivity contribution in [2.75, 3.05) is 13.7 Å². The monoisotopic (exact) mass is 262 g/mol. The van der Waals surface area contributed by atoms with Crippen LogP contribution in [0.3, 0.4) is 0 Å². The Kier molecular flexibility index (Phi) is 4.49. The van der Waals surface area contributed by atoms with Crippen LogP contribution in [0.4, 0.5) is 0 Å². The molecule has 0 radical (unpaired) electrons. The third-order valence-electron chi connectivity index (χ3n) is 3.40. The van der Waals surface area contributed by atoms with E-state index in [0.29, 0.717) is 19.4 Å². The number of carbonyl (C=O) groups excluding carboxylic acids is 2. The summed E-state index contributed by atoms with van der Waals surface area (Å²) < 4.78 is 4.78. The van der Waals surface area contributed by atoms with Crippen molar-refractivity contribution in [3.05, 3.63) is 30.1 Å². The number of amides is 1. The van der Waals surface area contributed by atoms with Crippen LogP contribution >= 0.6 is 0 Å². The van der Waals surface area contributed by atoms with Crippen LogP contribution in [0.1, 0.15) is 24.8 Å². The van der Waals surface area contributed by atoms with Gasteiger partial charge in [-0.25, -0.2) is 4.79 Å². The van der Waals surface area contributed by atoms with Gasteiger partial charge in [0.2, 0.25) is 5.91 Å². The van der Waals surface area contributed by atoms with Gasteiger partial charge >= 0.3 is 5.97 Å². The Hall–Kier alpha value is -1.91. The van der Waals surface area contributed by atoms with E-state index in [1.54, 1.807) is 17.3 Å². The number of hydrogen-bond acceptors (Lipinski definition) is 4. The van der Waals surface area contributed by atoms with Crippen LogP contribution in [0.15, 0.2) is 24.5 Å². The average Bonchev–Trinajstić information content (AvgIpc) is 2.47. The Bertz CT molecular complexity index is 447. The lowest BCUT2D eigenvalue weighted by molar-refractivity contribution is -0.154. The number of nitrogens with zero attached hydrogens (tertiary/aromatic N) is 2. The standard InChI is InChI=1S/C14H18N2O3/c1-19-14(18)12-4-2-3-9-16(12)13(17)10-11-5-7-15-8-6-11/h5-8,12H,2-4,9-10H2,1H3. The number of rotatable bonds is 3. The smallest absolute Gasteiger partial charge is 0.328 e. The molecule has 5 heteroatoms. The number of ether oxygens (including phenoxy) is 1. The summed E-state index contributed by atoms with van der Waals surface area (Å²) in [5.41, 5.74) is 0.911. The summed E-state index contributed by atoms with van der Waals surface area (Å²) in [6, 6.07) is 3.21. The molecule has 5 nitrogen and oxygen atoms in total. The highest BCUT2D eigenvalue weighted by molar-refractivity contribution is 5.85. The van der Waals surface area contributed by atoms with Gasteiger partial charge in [0.15, 0.2) is 0 Å². The molecule has 2 rings (SSSR count). The summed E-state index contributed by atoms with van der Waals surface area (Å²) in [7, 11) is 1.36. The Labute approximate surface area is 112 Å². The summed E-state index contributed by atoms with van der Waals surface area (Å²) in [5.74, 6) is -0.343. The first kappa shape index (κ1) is 13.5. The van der Waals surface area contributed by atoms with Gasteiger partial charge in [-0.1, -0.05) is 0 Å². The fraction of sp³-hybridized carbons (Fsp3) is 0.500. The van der Waals surface area contributed by atoms with Crippen molar-refractivity contribution in [1.29, 1.82) is 0 Å². The number of methoxy groups -OCH3 is 1. The summed E-state index contributed by atoms with van der Waals surface area (Å²) in [6.07, 6.45) is 6.21. The van der Waals surface area contributed by atoms with E-state index in [9.17, 15) is 9.59 Å². The molecule has 1 amide bonds. The Morgan fingerprint density at radius 2 is 2.11 bits per heavy atom.